The van der Waals surface area contributed by atoms with Gasteiger partial charge in [-0.05, 0) is 55.2 Å². The molecule has 1 saturated heterocycles. The number of anilines is 2. The third-order valence-corrected chi connectivity index (χ3v) is 4.47. The summed E-state index contributed by atoms with van der Waals surface area (Å²) in [5.74, 6) is 1.15. The number of halogens is 1. The van der Waals surface area contributed by atoms with Crippen molar-refractivity contribution < 1.29 is 4.79 Å². The minimum absolute atomic E-state index is 0.0285. The molecule has 3 rings (SSSR count). The highest BCUT2D eigenvalue weighted by molar-refractivity contribution is 9.10. The van der Waals surface area contributed by atoms with Crippen molar-refractivity contribution in [2.24, 2.45) is 5.92 Å². The van der Waals surface area contributed by atoms with E-state index in [0.717, 1.165) is 29.7 Å². The number of carbonyl (C=O) groups is 1. The van der Waals surface area contributed by atoms with E-state index in [-0.39, 0.29) is 5.91 Å². The number of carbonyl (C=O) groups excluding carboxylic acids is 1. The van der Waals surface area contributed by atoms with Crippen molar-refractivity contribution in [2.45, 2.75) is 19.8 Å². The van der Waals surface area contributed by atoms with Crippen molar-refractivity contribution in [3.8, 4) is 0 Å². The molecular formula is C17H19BrN4O. The number of hydrogen-bond acceptors (Lipinski definition) is 4. The second-order valence-electron chi connectivity index (χ2n) is 5.93. The van der Waals surface area contributed by atoms with Gasteiger partial charge in [0.1, 0.15) is 0 Å². The standard InChI is InChI=1S/C17H19BrN4O/c1-12-3-2-10-22(11-12)17(23)15-8-9-16(21-20-15)19-14-6-4-13(18)5-7-14/h4-9,12H,2-3,10-11H2,1H3,(H,19,21). The average molecular weight is 375 g/mol. The normalized spacial score (nSPS) is 17.8. The van der Waals surface area contributed by atoms with Gasteiger partial charge in [-0.2, -0.15) is 0 Å². The summed E-state index contributed by atoms with van der Waals surface area (Å²) in [6.07, 6.45) is 2.25. The van der Waals surface area contributed by atoms with Crippen LogP contribution in [-0.2, 0) is 0 Å². The van der Waals surface area contributed by atoms with Crippen LogP contribution in [0.3, 0.4) is 0 Å². The molecule has 0 aliphatic carbocycles. The molecular weight excluding hydrogens is 356 g/mol. The molecule has 1 unspecified atom stereocenters. The number of aromatic nitrogens is 2. The Labute approximate surface area is 144 Å². The predicted molar refractivity (Wildman–Crippen MR) is 93.8 cm³/mol. The molecule has 2 heterocycles. The Bertz CT molecular complexity index is 672. The predicted octanol–water partition coefficient (Wildman–Crippen LogP) is 3.85. The lowest BCUT2D eigenvalue weighted by atomic mass is 10.00. The van der Waals surface area contributed by atoms with Crippen molar-refractivity contribution in [3.05, 3.63) is 46.6 Å². The number of nitrogens with one attached hydrogen (secondary N) is 1. The number of benzene rings is 1. The first kappa shape index (κ1) is 15.9. The molecule has 0 bridgehead atoms. The zero-order chi connectivity index (χ0) is 16.2. The number of hydrogen-bond donors (Lipinski definition) is 1. The maximum atomic E-state index is 12.5. The van der Waals surface area contributed by atoms with Crippen LogP contribution in [0, 0.1) is 5.92 Å². The minimum atomic E-state index is -0.0285. The zero-order valence-electron chi connectivity index (χ0n) is 13.0. The van der Waals surface area contributed by atoms with Crippen LogP contribution in [0.2, 0.25) is 0 Å². The molecule has 1 aliphatic rings. The van der Waals surface area contributed by atoms with Crippen LogP contribution in [0.1, 0.15) is 30.3 Å². The van der Waals surface area contributed by atoms with Crippen molar-refractivity contribution in [1.29, 1.82) is 0 Å². The van der Waals surface area contributed by atoms with Gasteiger partial charge in [0.05, 0.1) is 0 Å². The first-order valence-electron chi connectivity index (χ1n) is 7.77. The van der Waals surface area contributed by atoms with Gasteiger partial charge >= 0.3 is 0 Å². The van der Waals surface area contributed by atoms with Gasteiger partial charge in [-0.1, -0.05) is 22.9 Å². The molecule has 1 aliphatic heterocycles. The van der Waals surface area contributed by atoms with Crippen LogP contribution in [0.25, 0.3) is 0 Å². The average Bonchev–Trinajstić information content (AvgIpc) is 2.57. The van der Waals surface area contributed by atoms with E-state index in [1.807, 2.05) is 29.2 Å². The van der Waals surface area contributed by atoms with E-state index < -0.39 is 0 Å². The van der Waals surface area contributed by atoms with Gasteiger partial charge in [-0.15, -0.1) is 10.2 Å². The number of nitrogens with zero attached hydrogens (tertiary/aromatic N) is 3. The molecule has 5 nitrogen and oxygen atoms in total. The topological polar surface area (TPSA) is 58.1 Å². The lowest BCUT2D eigenvalue weighted by Crippen LogP contribution is -2.39. The summed E-state index contributed by atoms with van der Waals surface area (Å²) in [5, 5.41) is 11.4. The summed E-state index contributed by atoms with van der Waals surface area (Å²) in [7, 11) is 0. The van der Waals surface area contributed by atoms with Crippen LogP contribution in [0.5, 0.6) is 0 Å². The largest absolute Gasteiger partial charge is 0.339 e. The quantitative estimate of drug-likeness (QED) is 0.885. The number of likely N-dealkylation sites (tertiary alicyclic amines) is 1. The van der Waals surface area contributed by atoms with Crippen molar-refractivity contribution in [2.75, 3.05) is 18.4 Å². The highest BCUT2D eigenvalue weighted by Gasteiger charge is 2.23. The Morgan fingerprint density at radius 3 is 2.65 bits per heavy atom. The molecule has 0 radical (unpaired) electrons. The van der Waals surface area contributed by atoms with Crippen LogP contribution < -0.4 is 5.32 Å². The van der Waals surface area contributed by atoms with Gasteiger partial charge < -0.3 is 10.2 Å². The second kappa shape index (κ2) is 7.08. The molecule has 1 aromatic heterocycles. The first-order valence-corrected chi connectivity index (χ1v) is 8.57. The maximum Gasteiger partial charge on any atom is 0.274 e. The Hall–Kier alpha value is -1.95. The maximum absolute atomic E-state index is 12.5. The van der Waals surface area contributed by atoms with E-state index in [0.29, 0.717) is 17.4 Å². The fourth-order valence-electron chi connectivity index (χ4n) is 2.73. The Balaban J connectivity index is 1.66. The highest BCUT2D eigenvalue weighted by atomic mass is 79.9. The summed E-state index contributed by atoms with van der Waals surface area (Å²) >= 11 is 3.40. The van der Waals surface area contributed by atoms with E-state index in [1.165, 1.54) is 6.42 Å². The van der Waals surface area contributed by atoms with E-state index in [4.69, 9.17) is 0 Å². The Morgan fingerprint density at radius 1 is 1.22 bits per heavy atom. The fourth-order valence-corrected chi connectivity index (χ4v) is 2.99. The zero-order valence-corrected chi connectivity index (χ0v) is 14.6. The number of rotatable bonds is 3. The van der Waals surface area contributed by atoms with Gasteiger partial charge in [0.2, 0.25) is 0 Å². The molecule has 0 saturated carbocycles. The number of piperidine rings is 1. The minimum Gasteiger partial charge on any atom is -0.339 e. The van der Waals surface area contributed by atoms with Gasteiger partial charge in [-0.3, -0.25) is 4.79 Å². The summed E-state index contributed by atoms with van der Waals surface area (Å²) in [6, 6.07) is 11.3. The highest BCUT2D eigenvalue weighted by Crippen LogP contribution is 2.19. The smallest absolute Gasteiger partial charge is 0.274 e. The molecule has 2 aromatic rings. The first-order chi connectivity index (χ1) is 11.1. The van der Waals surface area contributed by atoms with E-state index in [1.54, 1.807) is 12.1 Å². The van der Waals surface area contributed by atoms with Gasteiger partial charge in [0, 0.05) is 23.2 Å². The van der Waals surface area contributed by atoms with Crippen molar-refractivity contribution in [1.82, 2.24) is 15.1 Å². The molecule has 1 fully saturated rings. The second-order valence-corrected chi connectivity index (χ2v) is 6.85. The molecule has 0 spiro atoms. The summed E-state index contributed by atoms with van der Waals surface area (Å²) in [6.45, 7) is 3.79. The third-order valence-electron chi connectivity index (χ3n) is 3.94. The van der Waals surface area contributed by atoms with E-state index in [9.17, 15) is 4.79 Å². The van der Waals surface area contributed by atoms with Gasteiger partial charge in [0.25, 0.3) is 5.91 Å². The van der Waals surface area contributed by atoms with Crippen LogP contribution in [0.15, 0.2) is 40.9 Å². The summed E-state index contributed by atoms with van der Waals surface area (Å²) in [4.78, 5) is 14.3. The SMILES string of the molecule is CC1CCCN(C(=O)c2ccc(Nc3ccc(Br)cc3)nn2)C1. The Morgan fingerprint density at radius 2 is 2.00 bits per heavy atom. The molecule has 1 aromatic carbocycles. The monoisotopic (exact) mass is 374 g/mol. The van der Waals surface area contributed by atoms with Crippen LogP contribution in [-0.4, -0.2) is 34.1 Å². The van der Waals surface area contributed by atoms with Crippen LogP contribution >= 0.6 is 15.9 Å². The Kier molecular flexibility index (Phi) is 4.91. The molecule has 6 heteroatoms. The van der Waals surface area contributed by atoms with Gasteiger partial charge in [0.15, 0.2) is 11.5 Å². The van der Waals surface area contributed by atoms with Crippen molar-refractivity contribution >= 4 is 33.3 Å². The van der Waals surface area contributed by atoms with Gasteiger partial charge in [-0.25, -0.2) is 0 Å². The fraction of sp³-hybridized carbons (Fsp3) is 0.353. The number of amides is 1. The van der Waals surface area contributed by atoms with Crippen LogP contribution in [0.4, 0.5) is 11.5 Å². The summed E-state index contributed by atoms with van der Waals surface area (Å²) < 4.78 is 1.02. The lowest BCUT2D eigenvalue weighted by Gasteiger charge is -2.30. The summed E-state index contributed by atoms with van der Waals surface area (Å²) in [5.41, 5.74) is 1.33. The van der Waals surface area contributed by atoms with E-state index >= 15 is 0 Å². The van der Waals surface area contributed by atoms with E-state index in [2.05, 4.69) is 38.4 Å². The third kappa shape index (κ3) is 4.07. The molecule has 1 N–H and O–H groups in total. The molecule has 23 heavy (non-hydrogen) atoms. The lowest BCUT2D eigenvalue weighted by molar-refractivity contribution is 0.0676. The molecule has 1 atom stereocenters. The molecule has 120 valence electrons. The van der Waals surface area contributed by atoms with Crippen molar-refractivity contribution in [3.63, 3.8) is 0 Å². The molecule has 1 amide bonds.